The van der Waals surface area contributed by atoms with E-state index in [4.69, 9.17) is 4.42 Å². The number of nitrogens with one attached hydrogen (secondary N) is 1. The van der Waals surface area contributed by atoms with Gasteiger partial charge in [0.25, 0.3) is 5.91 Å². The van der Waals surface area contributed by atoms with Gasteiger partial charge in [0, 0.05) is 17.8 Å². The van der Waals surface area contributed by atoms with E-state index < -0.39 is 0 Å². The minimum Gasteiger partial charge on any atom is -0.456 e. The van der Waals surface area contributed by atoms with Crippen LogP contribution in [0.1, 0.15) is 36.6 Å². The van der Waals surface area contributed by atoms with Gasteiger partial charge >= 0.3 is 0 Å². The van der Waals surface area contributed by atoms with Crippen molar-refractivity contribution in [2.24, 2.45) is 0 Å². The zero-order valence-corrected chi connectivity index (χ0v) is 10.6. The normalized spacial score (nSPS) is 12.5. The van der Waals surface area contributed by atoms with Crippen LogP contribution in [0.4, 0.5) is 0 Å². The van der Waals surface area contributed by atoms with Crippen molar-refractivity contribution in [1.29, 1.82) is 0 Å². The molecule has 15 heavy (non-hydrogen) atoms. The third-order valence-corrected chi connectivity index (χ3v) is 3.13. The monoisotopic (exact) mass is 273 g/mol. The molecular weight excluding hydrogens is 258 g/mol. The van der Waals surface area contributed by atoms with Crippen LogP contribution in [0.3, 0.4) is 0 Å². The summed E-state index contributed by atoms with van der Waals surface area (Å²) in [6.07, 6.45) is 1.79. The van der Waals surface area contributed by atoms with Crippen LogP contribution in [0.5, 0.6) is 0 Å². The highest BCUT2D eigenvalue weighted by Crippen LogP contribution is 2.08. The van der Waals surface area contributed by atoms with Crippen LogP contribution >= 0.6 is 15.9 Å². The van der Waals surface area contributed by atoms with Crippen molar-refractivity contribution in [3.63, 3.8) is 0 Å². The molecule has 0 aromatic carbocycles. The molecule has 1 atom stereocenters. The quantitative estimate of drug-likeness (QED) is 0.839. The van der Waals surface area contributed by atoms with Gasteiger partial charge in [0.15, 0.2) is 5.76 Å². The summed E-state index contributed by atoms with van der Waals surface area (Å²) in [5.41, 5.74) is 0. The lowest BCUT2D eigenvalue weighted by Gasteiger charge is -2.06. The maximum Gasteiger partial charge on any atom is 0.287 e. The number of carbonyl (C=O) groups is 1. The lowest BCUT2D eigenvalue weighted by molar-refractivity contribution is 0.0924. The van der Waals surface area contributed by atoms with Gasteiger partial charge in [-0.3, -0.25) is 4.79 Å². The first-order valence-electron chi connectivity index (χ1n) is 5.18. The van der Waals surface area contributed by atoms with E-state index in [2.05, 4.69) is 28.2 Å². The Bertz CT molecular complexity index is 322. The summed E-state index contributed by atoms with van der Waals surface area (Å²) >= 11 is 3.45. The summed E-state index contributed by atoms with van der Waals surface area (Å²) in [7, 11) is 0. The third-order valence-electron chi connectivity index (χ3n) is 2.16. The van der Waals surface area contributed by atoms with Crippen molar-refractivity contribution >= 4 is 21.8 Å². The topological polar surface area (TPSA) is 42.2 Å². The second kappa shape index (κ2) is 5.95. The Labute approximate surface area is 98.4 Å². The maximum atomic E-state index is 11.6. The molecule has 0 aliphatic heterocycles. The van der Waals surface area contributed by atoms with E-state index in [0.29, 0.717) is 17.1 Å². The zero-order chi connectivity index (χ0) is 11.3. The fourth-order valence-corrected chi connectivity index (χ4v) is 1.29. The Morgan fingerprint density at radius 1 is 1.53 bits per heavy atom. The van der Waals surface area contributed by atoms with Crippen molar-refractivity contribution in [3.8, 4) is 0 Å². The molecule has 0 bridgehead atoms. The average Bonchev–Trinajstić information content (AvgIpc) is 2.73. The highest BCUT2D eigenvalue weighted by atomic mass is 79.9. The Morgan fingerprint density at radius 2 is 2.27 bits per heavy atom. The van der Waals surface area contributed by atoms with Gasteiger partial charge in [-0.1, -0.05) is 29.8 Å². The first-order chi connectivity index (χ1) is 7.17. The van der Waals surface area contributed by atoms with Gasteiger partial charge in [-0.25, -0.2) is 0 Å². The first-order valence-corrected chi connectivity index (χ1v) is 6.09. The van der Waals surface area contributed by atoms with Crippen molar-refractivity contribution in [2.45, 2.75) is 31.5 Å². The van der Waals surface area contributed by atoms with Gasteiger partial charge in [0.1, 0.15) is 5.76 Å². The predicted octanol–water partition coefficient (Wildman–Crippen LogP) is 2.75. The van der Waals surface area contributed by atoms with E-state index >= 15 is 0 Å². The number of carbonyl (C=O) groups excluding carboxylic acids is 1. The molecule has 0 radical (unpaired) electrons. The van der Waals surface area contributed by atoms with Crippen LogP contribution in [0.2, 0.25) is 0 Å². The molecule has 0 fully saturated rings. The van der Waals surface area contributed by atoms with E-state index in [-0.39, 0.29) is 5.91 Å². The van der Waals surface area contributed by atoms with E-state index in [9.17, 15) is 4.79 Å². The van der Waals surface area contributed by atoms with Crippen LogP contribution in [0, 0.1) is 0 Å². The van der Waals surface area contributed by atoms with Gasteiger partial charge in [-0.15, -0.1) is 0 Å². The number of aryl methyl sites for hydroxylation is 1. The van der Waals surface area contributed by atoms with E-state index in [1.165, 1.54) is 0 Å². The number of rotatable bonds is 5. The number of halogens is 1. The van der Waals surface area contributed by atoms with Crippen LogP contribution in [-0.2, 0) is 6.42 Å². The van der Waals surface area contributed by atoms with Crippen molar-refractivity contribution < 1.29 is 9.21 Å². The molecule has 0 aliphatic carbocycles. The minimum atomic E-state index is -0.146. The predicted molar refractivity (Wildman–Crippen MR) is 63.4 cm³/mol. The highest BCUT2D eigenvalue weighted by molar-refractivity contribution is 9.09. The molecule has 1 unspecified atom stereocenters. The lowest BCUT2D eigenvalue weighted by atomic mass is 10.3. The lowest BCUT2D eigenvalue weighted by Crippen LogP contribution is -2.28. The molecular formula is C11H16BrNO2. The summed E-state index contributed by atoms with van der Waals surface area (Å²) in [6, 6.07) is 3.55. The molecule has 1 heterocycles. The van der Waals surface area contributed by atoms with Crippen molar-refractivity contribution in [3.05, 3.63) is 23.7 Å². The fourth-order valence-electron chi connectivity index (χ4n) is 1.12. The van der Waals surface area contributed by atoms with Crippen LogP contribution < -0.4 is 5.32 Å². The van der Waals surface area contributed by atoms with Gasteiger partial charge < -0.3 is 9.73 Å². The number of amides is 1. The Morgan fingerprint density at radius 3 is 2.80 bits per heavy atom. The summed E-state index contributed by atoms with van der Waals surface area (Å²) in [5, 5.41) is 2.81. The Kier molecular flexibility index (Phi) is 4.88. The number of hydrogen-bond donors (Lipinski definition) is 1. The van der Waals surface area contributed by atoms with Crippen LogP contribution in [0.15, 0.2) is 16.5 Å². The molecule has 0 saturated carbocycles. The average molecular weight is 274 g/mol. The maximum absolute atomic E-state index is 11.6. The molecule has 4 heteroatoms. The van der Waals surface area contributed by atoms with Crippen LogP contribution in [-0.4, -0.2) is 17.3 Å². The van der Waals surface area contributed by atoms with E-state index in [0.717, 1.165) is 18.6 Å². The molecule has 0 spiro atoms. The van der Waals surface area contributed by atoms with E-state index in [1.54, 1.807) is 6.07 Å². The summed E-state index contributed by atoms with van der Waals surface area (Å²) in [6.45, 7) is 4.68. The third kappa shape index (κ3) is 3.70. The molecule has 1 amide bonds. The summed E-state index contributed by atoms with van der Waals surface area (Å²) < 4.78 is 5.33. The van der Waals surface area contributed by atoms with Gasteiger partial charge in [0.2, 0.25) is 0 Å². The molecule has 1 aromatic heterocycles. The molecule has 1 rings (SSSR count). The molecule has 1 N–H and O–H groups in total. The van der Waals surface area contributed by atoms with Gasteiger partial charge in [0.05, 0.1) is 0 Å². The van der Waals surface area contributed by atoms with Gasteiger partial charge in [-0.2, -0.15) is 0 Å². The second-order valence-electron chi connectivity index (χ2n) is 3.34. The van der Waals surface area contributed by atoms with E-state index in [1.807, 2.05) is 13.0 Å². The van der Waals surface area contributed by atoms with Crippen LogP contribution in [0.25, 0.3) is 0 Å². The standard InChI is InChI=1S/C11H16BrNO2/c1-3-8(12)7-13-11(14)10-6-5-9(4-2)15-10/h5-6,8H,3-4,7H2,1-2H3,(H,13,14). The van der Waals surface area contributed by atoms with Crippen molar-refractivity contribution in [1.82, 2.24) is 5.32 Å². The molecule has 0 aliphatic rings. The minimum absolute atomic E-state index is 0.146. The Hall–Kier alpha value is -0.770. The second-order valence-corrected chi connectivity index (χ2v) is 4.63. The van der Waals surface area contributed by atoms with Gasteiger partial charge in [-0.05, 0) is 18.6 Å². The smallest absolute Gasteiger partial charge is 0.287 e. The fraction of sp³-hybridized carbons (Fsp3) is 0.545. The molecule has 1 aromatic rings. The summed E-state index contributed by atoms with van der Waals surface area (Å²) in [4.78, 5) is 11.9. The molecule has 84 valence electrons. The SMILES string of the molecule is CCc1ccc(C(=O)NCC(Br)CC)o1. The molecule has 3 nitrogen and oxygen atoms in total. The number of alkyl halides is 1. The largest absolute Gasteiger partial charge is 0.456 e. The zero-order valence-electron chi connectivity index (χ0n) is 9.05. The first kappa shape index (κ1) is 12.3. The Balaban J connectivity index is 2.46. The summed E-state index contributed by atoms with van der Waals surface area (Å²) in [5.74, 6) is 1.08. The van der Waals surface area contributed by atoms with Crippen molar-refractivity contribution in [2.75, 3.05) is 6.54 Å². The molecule has 0 saturated heterocycles. The highest BCUT2D eigenvalue weighted by Gasteiger charge is 2.11. The number of hydrogen-bond acceptors (Lipinski definition) is 2. The number of furan rings is 1.